The van der Waals surface area contributed by atoms with Crippen molar-refractivity contribution >= 4 is 11.9 Å². The molecule has 1 saturated heterocycles. The number of fused-ring (bicyclic) bond motifs is 3. The highest BCUT2D eigenvalue weighted by atomic mass is 16.7. The van der Waals surface area contributed by atoms with Crippen LogP contribution in [0.15, 0.2) is 30.5 Å². The molecule has 3 aliphatic rings. The molecule has 1 aliphatic carbocycles. The topological polar surface area (TPSA) is 129 Å². The second kappa shape index (κ2) is 9.12. The molecular weight excluding hydrogens is 498 g/mol. The van der Waals surface area contributed by atoms with E-state index in [0.717, 1.165) is 16.7 Å². The maximum Gasteiger partial charge on any atom is 0.360 e. The van der Waals surface area contributed by atoms with Crippen molar-refractivity contribution < 1.29 is 42.7 Å². The van der Waals surface area contributed by atoms with Crippen LogP contribution in [-0.2, 0) is 14.3 Å². The van der Waals surface area contributed by atoms with E-state index in [1.165, 1.54) is 20.4 Å². The van der Waals surface area contributed by atoms with Crippen LogP contribution in [-0.4, -0.2) is 68.8 Å². The molecule has 12 nitrogen and oxygen atoms in total. The molecule has 0 radical (unpaired) electrons. The number of esters is 2. The van der Waals surface area contributed by atoms with Gasteiger partial charge in [0.2, 0.25) is 12.5 Å². The van der Waals surface area contributed by atoms with Crippen LogP contribution in [0.5, 0.6) is 28.7 Å². The third-order valence-corrected chi connectivity index (χ3v) is 7.38. The zero-order chi connectivity index (χ0) is 26.6. The van der Waals surface area contributed by atoms with Gasteiger partial charge < -0.3 is 33.2 Å². The van der Waals surface area contributed by atoms with Crippen molar-refractivity contribution in [2.75, 3.05) is 41.8 Å². The minimum atomic E-state index is -0.608. The molecule has 4 atom stereocenters. The Balaban J connectivity index is 1.58. The average molecular weight is 523 g/mol. The van der Waals surface area contributed by atoms with Crippen LogP contribution < -0.4 is 23.7 Å². The van der Waals surface area contributed by atoms with Crippen molar-refractivity contribution in [1.29, 1.82) is 0 Å². The number of hydrogen-bond donors (Lipinski definition) is 0. The van der Waals surface area contributed by atoms with E-state index in [0.29, 0.717) is 28.7 Å². The van der Waals surface area contributed by atoms with Crippen molar-refractivity contribution in [3.8, 4) is 28.7 Å². The average Bonchev–Trinajstić information content (AvgIpc) is 3.69. The predicted molar refractivity (Wildman–Crippen MR) is 128 cm³/mol. The first-order valence-electron chi connectivity index (χ1n) is 11.9. The van der Waals surface area contributed by atoms with Gasteiger partial charge in [-0.1, -0.05) is 5.21 Å². The molecule has 0 bridgehead atoms. The smallest absolute Gasteiger partial charge is 0.360 e. The fourth-order valence-electron chi connectivity index (χ4n) is 5.76. The lowest BCUT2D eigenvalue weighted by Gasteiger charge is -2.39. The SMILES string of the molecule is COC(=O)c1cn([C@@H]2c3cc4c(cc3[C@@H](c3cc(OC)c(OC)c(OC)c3)[C@H]3C(=O)OC[C@@H]32)OCO4)nn1. The zero-order valence-corrected chi connectivity index (χ0v) is 21.1. The van der Waals surface area contributed by atoms with Gasteiger partial charge in [0.15, 0.2) is 28.7 Å². The van der Waals surface area contributed by atoms with Crippen LogP contribution in [0.2, 0.25) is 0 Å². The van der Waals surface area contributed by atoms with Crippen LogP contribution in [0.4, 0.5) is 0 Å². The second-order valence-electron chi connectivity index (χ2n) is 9.11. The third-order valence-electron chi connectivity index (χ3n) is 7.38. The highest BCUT2D eigenvalue weighted by Gasteiger charge is 2.53. The number of benzene rings is 2. The Morgan fingerprint density at radius 3 is 2.26 bits per heavy atom. The number of rotatable bonds is 6. The number of methoxy groups -OCH3 is 4. The van der Waals surface area contributed by atoms with E-state index in [9.17, 15) is 9.59 Å². The Labute approximate surface area is 217 Å². The van der Waals surface area contributed by atoms with Crippen molar-refractivity contribution in [1.82, 2.24) is 15.0 Å². The van der Waals surface area contributed by atoms with E-state index in [2.05, 4.69) is 10.3 Å². The molecule has 38 heavy (non-hydrogen) atoms. The van der Waals surface area contributed by atoms with E-state index in [-0.39, 0.29) is 31.0 Å². The highest BCUT2D eigenvalue weighted by molar-refractivity contribution is 5.86. The number of nitrogens with zero attached hydrogens (tertiary/aromatic N) is 3. The molecule has 1 fully saturated rings. The Morgan fingerprint density at radius 1 is 0.947 bits per heavy atom. The Kier molecular flexibility index (Phi) is 5.73. The maximum absolute atomic E-state index is 13.3. The van der Waals surface area contributed by atoms with Crippen molar-refractivity contribution in [3.63, 3.8) is 0 Å². The summed E-state index contributed by atoms with van der Waals surface area (Å²) in [6.45, 7) is 0.249. The Bertz CT molecular complexity index is 1410. The summed E-state index contributed by atoms with van der Waals surface area (Å²) in [5, 5.41) is 8.22. The standard InChI is InChI=1S/C26H25N3O9/c1-32-19-5-12(6-20(33-2)24(19)34-3)21-13-7-17-18(38-11-37-17)8-14(13)23(15-10-36-26(31)22(15)21)29-9-16(27-28-29)25(30)35-4/h5-9,15,21-23H,10-11H2,1-4H3/t15-,21+,22-,23+/m0/s1. The van der Waals surface area contributed by atoms with Gasteiger partial charge in [-0.3, -0.25) is 4.79 Å². The predicted octanol–water partition coefficient (Wildman–Crippen LogP) is 2.34. The molecule has 0 N–H and O–H groups in total. The van der Waals surface area contributed by atoms with E-state index >= 15 is 0 Å². The molecule has 1 aromatic heterocycles. The summed E-state index contributed by atoms with van der Waals surface area (Å²) in [7, 11) is 5.89. The highest BCUT2D eigenvalue weighted by Crippen LogP contribution is 2.56. The van der Waals surface area contributed by atoms with Gasteiger partial charge in [-0.05, 0) is 41.0 Å². The van der Waals surface area contributed by atoms with Gasteiger partial charge in [0.1, 0.15) is 0 Å². The van der Waals surface area contributed by atoms with E-state index in [1.54, 1.807) is 18.9 Å². The molecule has 0 spiro atoms. The molecule has 0 amide bonds. The first-order chi connectivity index (χ1) is 18.5. The van der Waals surface area contributed by atoms with E-state index in [4.69, 9.17) is 33.2 Å². The zero-order valence-electron chi connectivity index (χ0n) is 21.1. The monoisotopic (exact) mass is 523 g/mol. The van der Waals surface area contributed by atoms with Crippen LogP contribution in [0, 0.1) is 11.8 Å². The summed E-state index contributed by atoms with van der Waals surface area (Å²) in [4.78, 5) is 25.4. The van der Waals surface area contributed by atoms with Gasteiger partial charge in [-0.25, -0.2) is 9.48 Å². The lowest BCUT2D eigenvalue weighted by atomic mass is 9.65. The number of carbonyl (C=O) groups is 2. The molecular formula is C26H25N3O9. The van der Waals surface area contributed by atoms with Crippen LogP contribution >= 0.6 is 0 Å². The number of aromatic nitrogens is 3. The fourth-order valence-corrected chi connectivity index (χ4v) is 5.76. The summed E-state index contributed by atoms with van der Waals surface area (Å²) in [5.74, 6) is 0.233. The number of cyclic esters (lactones) is 1. The van der Waals surface area contributed by atoms with Crippen LogP contribution in [0.1, 0.15) is 39.1 Å². The molecule has 2 aromatic carbocycles. The van der Waals surface area contributed by atoms with Crippen molar-refractivity contribution in [3.05, 3.63) is 52.8 Å². The van der Waals surface area contributed by atoms with Gasteiger partial charge in [-0.2, -0.15) is 0 Å². The van der Waals surface area contributed by atoms with Crippen LogP contribution in [0.25, 0.3) is 0 Å². The summed E-state index contributed by atoms with van der Waals surface area (Å²) in [5.41, 5.74) is 2.50. The molecule has 3 aromatic rings. The summed E-state index contributed by atoms with van der Waals surface area (Å²) < 4.78 is 40.1. The lowest BCUT2D eigenvalue weighted by molar-refractivity contribution is -0.141. The Hall–Kier alpha value is -4.48. The molecule has 6 rings (SSSR count). The van der Waals surface area contributed by atoms with E-state index in [1.807, 2.05) is 24.3 Å². The number of hydrogen-bond acceptors (Lipinski definition) is 11. The maximum atomic E-state index is 13.3. The first-order valence-corrected chi connectivity index (χ1v) is 11.9. The fraction of sp³-hybridized carbons (Fsp3) is 0.385. The minimum absolute atomic E-state index is 0.0586. The van der Waals surface area contributed by atoms with Crippen LogP contribution in [0.3, 0.4) is 0 Å². The van der Waals surface area contributed by atoms with Crippen molar-refractivity contribution in [2.45, 2.75) is 12.0 Å². The van der Waals surface area contributed by atoms with Crippen molar-refractivity contribution in [2.24, 2.45) is 11.8 Å². The molecule has 2 aliphatic heterocycles. The largest absolute Gasteiger partial charge is 0.493 e. The summed E-state index contributed by atoms with van der Waals surface area (Å²) >= 11 is 0. The number of ether oxygens (including phenoxy) is 7. The molecule has 0 saturated carbocycles. The Morgan fingerprint density at radius 2 is 1.63 bits per heavy atom. The first kappa shape index (κ1) is 23.9. The number of carbonyl (C=O) groups excluding carboxylic acids is 2. The molecule has 12 heteroatoms. The molecule has 0 unspecified atom stereocenters. The quantitative estimate of drug-likeness (QED) is 0.442. The van der Waals surface area contributed by atoms with Gasteiger partial charge in [0.25, 0.3) is 0 Å². The van der Waals surface area contributed by atoms with E-state index < -0.39 is 23.8 Å². The lowest BCUT2D eigenvalue weighted by Crippen LogP contribution is -2.37. The normalized spacial score (nSPS) is 22.8. The van der Waals surface area contributed by atoms with Gasteiger partial charge in [0, 0.05) is 11.8 Å². The van der Waals surface area contributed by atoms with Gasteiger partial charge in [-0.15, -0.1) is 5.10 Å². The van der Waals surface area contributed by atoms with Gasteiger partial charge >= 0.3 is 11.9 Å². The summed E-state index contributed by atoms with van der Waals surface area (Å²) in [6.07, 6.45) is 1.52. The third kappa shape index (κ3) is 3.51. The molecule has 3 heterocycles. The second-order valence-corrected chi connectivity index (χ2v) is 9.11. The molecule has 198 valence electrons. The van der Waals surface area contributed by atoms with Gasteiger partial charge in [0.05, 0.1) is 53.2 Å². The summed E-state index contributed by atoms with van der Waals surface area (Å²) in [6, 6.07) is 6.99. The minimum Gasteiger partial charge on any atom is -0.493 e.